The Labute approximate surface area is 226 Å². The van der Waals surface area contributed by atoms with E-state index < -0.39 is 0 Å². The monoisotopic (exact) mass is 497 g/mol. The van der Waals surface area contributed by atoms with Crippen molar-refractivity contribution < 1.29 is 0 Å². The lowest BCUT2D eigenvalue weighted by molar-refractivity contribution is 0.569. The first-order chi connectivity index (χ1) is 18.1. The van der Waals surface area contributed by atoms with Gasteiger partial charge in [0.05, 0.1) is 0 Å². The average Bonchev–Trinajstić information content (AvgIpc) is 2.92. The van der Waals surface area contributed by atoms with Crippen LogP contribution in [0.15, 0.2) is 103 Å². The first kappa shape index (κ1) is 25.5. The fourth-order valence-electron chi connectivity index (χ4n) is 4.44. The van der Waals surface area contributed by atoms with E-state index in [2.05, 4.69) is 84.0 Å². The summed E-state index contributed by atoms with van der Waals surface area (Å²) in [6.45, 7) is 13.6. The fraction of sp³-hybridized carbons (Fsp3) is 0.229. The fourth-order valence-corrected chi connectivity index (χ4v) is 4.44. The molecule has 190 valence electrons. The Kier molecular flexibility index (Phi) is 6.71. The number of hydrogen-bond donors (Lipinski definition) is 0. The van der Waals surface area contributed by atoms with Crippen LogP contribution in [0.5, 0.6) is 0 Å². The molecule has 0 atom stereocenters. The maximum absolute atomic E-state index is 4.93. The zero-order valence-electron chi connectivity index (χ0n) is 23.2. The van der Waals surface area contributed by atoms with Crippen molar-refractivity contribution in [2.45, 2.75) is 52.4 Å². The lowest BCUT2D eigenvalue weighted by Gasteiger charge is -2.26. The average molecular weight is 498 g/mol. The summed E-state index contributed by atoms with van der Waals surface area (Å²) in [5.74, 6) is 2.01. The molecule has 4 aromatic carbocycles. The third-order valence-electron chi connectivity index (χ3n) is 6.82. The standard InChI is InChI=1S/C35H35N3/c1-34(2,3)29-21-28(22-30(23-29)35(4,5)6)26-18-13-19-27(20-26)33-37-31(24-14-9-7-10-15-24)36-32(38-33)25-16-11-8-12-17-25/h7-23H,1-6H3. The summed E-state index contributed by atoms with van der Waals surface area (Å²) in [6, 6.07) is 35.8. The van der Waals surface area contributed by atoms with E-state index in [1.807, 2.05) is 60.7 Å². The number of benzene rings is 4. The highest BCUT2D eigenvalue weighted by Crippen LogP contribution is 2.35. The Morgan fingerprint density at radius 2 is 0.763 bits per heavy atom. The van der Waals surface area contributed by atoms with E-state index in [1.165, 1.54) is 16.7 Å². The molecule has 0 amide bonds. The molecule has 0 aliphatic rings. The summed E-state index contributed by atoms with van der Waals surface area (Å²) >= 11 is 0. The first-order valence-electron chi connectivity index (χ1n) is 13.2. The van der Waals surface area contributed by atoms with Crippen LogP contribution < -0.4 is 0 Å². The molecule has 1 aromatic heterocycles. The van der Waals surface area contributed by atoms with E-state index in [4.69, 9.17) is 15.0 Å². The SMILES string of the molecule is CC(C)(C)c1cc(-c2cccc(-c3nc(-c4ccccc4)nc(-c4ccccc4)n3)c2)cc(C(C)(C)C)c1. The third kappa shape index (κ3) is 5.57. The van der Waals surface area contributed by atoms with Crippen molar-refractivity contribution in [3.05, 3.63) is 114 Å². The summed E-state index contributed by atoms with van der Waals surface area (Å²) in [6.07, 6.45) is 0. The normalized spacial score (nSPS) is 11.9. The van der Waals surface area contributed by atoms with Gasteiger partial charge in [-0.2, -0.15) is 0 Å². The molecule has 0 fully saturated rings. The summed E-state index contributed by atoms with van der Waals surface area (Å²) in [5, 5.41) is 0. The van der Waals surface area contributed by atoms with Crippen LogP contribution in [0.25, 0.3) is 45.3 Å². The molecule has 0 spiro atoms. The summed E-state index contributed by atoms with van der Waals surface area (Å²) in [4.78, 5) is 14.7. The Morgan fingerprint density at radius 1 is 0.368 bits per heavy atom. The second kappa shape index (κ2) is 9.98. The minimum atomic E-state index is 0.0526. The Hall–Kier alpha value is -4.11. The molecule has 0 N–H and O–H groups in total. The van der Waals surface area contributed by atoms with Gasteiger partial charge in [0.2, 0.25) is 0 Å². The number of rotatable bonds is 4. The second-order valence-corrected chi connectivity index (χ2v) is 11.9. The van der Waals surface area contributed by atoms with Crippen LogP contribution in [0.3, 0.4) is 0 Å². The van der Waals surface area contributed by atoms with E-state index in [1.54, 1.807) is 0 Å². The highest BCUT2D eigenvalue weighted by molar-refractivity contribution is 5.73. The molecule has 38 heavy (non-hydrogen) atoms. The molecule has 0 bridgehead atoms. The van der Waals surface area contributed by atoms with E-state index in [9.17, 15) is 0 Å². The maximum Gasteiger partial charge on any atom is 0.164 e. The zero-order valence-corrected chi connectivity index (χ0v) is 23.2. The quantitative estimate of drug-likeness (QED) is 0.248. The van der Waals surface area contributed by atoms with Gasteiger partial charge in [0, 0.05) is 16.7 Å². The molecule has 0 saturated carbocycles. The molecule has 0 aliphatic heterocycles. The predicted octanol–water partition coefficient (Wildman–Crippen LogP) is 9.13. The third-order valence-corrected chi connectivity index (χ3v) is 6.82. The van der Waals surface area contributed by atoms with E-state index in [-0.39, 0.29) is 10.8 Å². The topological polar surface area (TPSA) is 38.7 Å². The molecule has 0 radical (unpaired) electrons. The highest BCUT2D eigenvalue weighted by atomic mass is 15.0. The molecule has 1 heterocycles. The van der Waals surface area contributed by atoms with Gasteiger partial charge in [-0.1, -0.05) is 139 Å². The first-order valence-corrected chi connectivity index (χ1v) is 13.2. The van der Waals surface area contributed by atoms with Gasteiger partial charge in [-0.15, -0.1) is 0 Å². The molecule has 5 rings (SSSR count). The van der Waals surface area contributed by atoms with Gasteiger partial charge >= 0.3 is 0 Å². The van der Waals surface area contributed by atoms with Crippen LogP contribution >= 0.6 is 0 Å². The summed E-state index contributed by atoms with van der Waals surface area (Å²) in [7, 11) is 0. The highest BCUT2D eigenvalue weighted by Gasteiger charge is 2.21. The van der Waals surface area contributed by atoms with Gasteiger partial charge in [-0.3, -0.25) is 0 Å². The lowest BCUT2D eigenvalue weighted by atomic mass is 9.79. The predicted molar refractivity (Wildman–Crippen MR) is 159 cm³/mol. The van der Waals surface area contributed by atoms with Crippen LogP contribution in [0.4, 0.5) is 0 Å². The van der Waals surface area contributed by atoms with Crippen molar-refractivity contribution in [2.24, 2.45) is 0 Å². The van der Waals surface area contributed by atoms with E-state index >= 15 is 0 Å². The van der Waals surface area contributed by atoms with Gasteiger partial charge in [0.1, 0.15) is 0 Å². The Bertz CT molecular complexity index is 1470. The van der Waals surface area contributed by atoms with Crippen molar-refractivity contribution in [3.8, 4) is 45.3 Å². The lowest BCUT2D eigenvalue weighted by Crippen LogP contribution is -2.16. The molecule has 3 nitrogen and oxygen atoms in total. The van der Waals surface area contributed by atoms with E-state index in [0.29, 0.717) is 17.5 Å². The van der Waals surface area contributed by atoms with Gasteiger partial charge in [0.15, 0.2) is 17.5 Å². The van der Waals surface area contributed by atoms with Gasteiger partial charge in [-0.25, -0.2) is 15.0 Å². The molecular formula is C35H35N3. The minimum absolute atomic E-state index is 0.0526. The van der Waals surface area contributed by atoms with Crippen molar-refractivity contribution in [1.82, 2.24) is 15.0 Å². The zero-order chi connectivity index (χ0) is 26.9. The van der Waals surface area contributed by atoms with Crippen LogP contribution in [-0.4, -0.2) is 15.0 Å². The minimum Gasteiger partial charge on any atom is -0.208 e. The van der Waals surface area contributed by atoms with Crippen LogP contribution in [0.2, 0.25) is 0 Å². The van der Waals surface area contributed by atoms with Crippen molar-refractivity contribution in [3.63, 3.8) is 0 Å². The summed E-state index contributed by atoms with van der Waals surface area (Å²) < 4.78 is 0. The van der Waals surface area contributed by atoms with Crippen molar-refractivity contribution in [2.75, 3.05) is 0 Å². The summed E-state index contributed by atoms with van der Waals surface area (Å²) in [5.41, 5.74) is 8.05. The smallest absolute Gasteiger partial charge is 0.164 e. The largest absolute Gasteiger partial charge is 0.208 e. The Balaban J connectivity index is 1.66. The molecular weight excluding hydrogens is 462 g/mol. The number of hydrogen-bond acceptors (Lipinski definition) is 3. The molecule has 0 saturated heterocycles. The maximum atomic E-state index is 4.93. The van der Waals surface area contributed by atoms with Gasteiger partial charge < -0.3 is 0 Å². The van der Waals surface area contributed by atoms with Crippen molar-refractivity contribution in [1.29, 1.82) is 0 Å². The number of nitrogens with zero attached hydrogens (tertiary/aromatic N) is 3. The van der Waals surface area contributed by atoms with Gasteiger partial charge in [0.25, 0.3) is 0 Å². The van der Waals surface area contributed by atoms with Crippen LogP contribution in [0.1, 0.15) is 52.7 Å². The van der Waals surface area contributed by atoms with Crippen LogP contribution in [-0.2, 0) is 10.8 Å². The molecule has 5 aromatic rings. The van der Waals surface area contributed by atoms with Crippen LogP contribution in [0, 0.1) is 0 Å². The molecule has 0 aliphatic carbocycles. The van der Waals surface area contributed by atoms with Gasteiger partial charge in [-0.05, 0) is 39.2 Å². The van der Waals surface area contributed by atoms with Crippen molar-refractivity contribution >= 4 is 0 Å². The van der Waals surface area contributed by atoms with E-state index in [0.717, 1.165) is 22.3 Å². The Morgan fingerprint density at radius 3 is 1.21 bits per heavy atom. The second-order valence-electron chi connectivity index (χ2n) is 11.9. The number of aromatic nitrogens is 3. The molecule has 0 unspecified atom stereocenters. The molecule has 3 heteroatoms.